The third-order valence-electron chi connectivity index (χ3n) is 2.53. The lowest BCUT2D eigenvalue weighted by atomic mass is 9.97. The monoisotopic (exact) mass is 244 g/mol. The third-order valence-corrected chi connectivity index (χ3v) is 4.33. The number of hydrogen-bond donors (Lipinski definition) is 1. The fourth-order valence-corrected chi connectivity index (χ4v) is 3.39. The maximum atomic E-state index is 12.7. The number of rotatable bonds is 2. The minimum atomic E-state index is -3.50. The lowest BCUT2D eigenvalue weighted by Crippen LogP contribution is -2.66. The van der Waals surface area contributed by atoms with Gasteiger partial charge in [-0.1, -0.05) is 0 Å². The molecule has 1 aromatic carbocycles. The Hall–Kier alpha value is -0.980. The van der Waals surface area contributed by atoms with Gasteiger partial charge in [-0.2, -0.15) is 4.31 Å². The van der Waals surface area contributed by atoms with E-state index < -0.39 is 21.4 Å². The Morgan fingerprint density at radius 3 is 2.25 bits per heavy atom. The summed E-state index contributed by atoms with van der Waals surface area (Å²) in [5.74, 6) is -0.453. The summed E-state index contributed by atoms with van der Waals surface area (Å²) in [6, 6.07) is 4.79. The van der Waals surface area contributed by atoms with Crippen LogP contribution < -0.4 is 5.73 Å². The Kier molecular flexibility index (Phi) is 2.52. The fourth-order valence-electron chi connectivity index (χ4n) is 1.69. The number of sulfonamides is 1. The molecule has 1 fully saturated rings. The van der Waals surface area contributed by atoms with Gasteiger partial charge in [0, 0.05) is 18.6 Å². The van der Waals surface area contributed by atoms with Crippen LogP contribution in [0.2, 0.25) is 0 Å². The Morgan fingerprint density at radius 2 is 1.81 bits per heavy atom. The van der Waals surface area contributed by atoms with Gasteiger partial charge >= 0.3 is 0 Å². The van der Waals surface area contributed by atoms with Crippen molar-refractivity contribution in [3.05, 3.63) is 30.1 Å². The average Bonchev–Trinajstić information content (AvgIpc) is 2.14. The molecule has 0 aromatic heterocycles. The van der Waals surface area contributed by atoms with Gasteiger partial charge in [-0.15, -0.1) is 0 Å². The summed E-state index contributed by atoms with van der Waals surface area (Å²) < 4.78 is 37.9. The van der Waals surface area contributed by atoms with Crippen LogP contribution in [0.1, 0.15) is 6.92 Å². The van der Waals surface area contributed by atoms with E-state index in [1.54, 1.807) is 6.92 Å². The van der Waals surface area contributed by atoms with Crippen LogP contribution in [0.5, 0.6) is 0 Å². The molecule has 1 aromatic rings. The van der Waals surface area contributed by atoms with Crippen molar-refractivity contribution in [2.45, 2.75) is 17.4 Å². The van der Waals surface area contributed by atoms with Crippen LogP contribution in [-0.2, 0) is 10.0 Å². The van der Waals surface area contributed by atoms with Crippen molar-refractivity contribution >= 4 is 10.0 Å². The summed E-state index contributed by atoms with van der Waals surface area (Å²) in [5, 5.41) is 0. The molecular weight excluding hydrogens is 231 g/mol. The van der Waals surface area contributed by atoms with Crippen LogP contribution in [0.3, 0.4) is 0 Å². The number of nitrogens with zero attached hydrogens (tertiary/aromatic N) is 1. The molecule has 0 unspecified atom stereocenters. The number of hydrogen-bond acceptors (Lipinski definition) is 3. The average molecular weight is 244 g/mol. The van der Waals surface area contributed by atoms with Crippen LogP contribution in [-0.4, -0.2) is 31.4 Å². The predicted octanol–water partition coefficient (Wildman–Crippen LogP) is 0.547. The van der Waals surface area contributed by atoms with Crippen molar-refractivity contribution in [1.82, 2.24) is 4.31 Å². The highest BCUT2D eigenvalue weighted by Crippen LogP contribution is 2.25. The van der Waals surface area contributed by atoms with Crippen molar-refractivity contribution in [2.75, 3.05) is 13.1 Å². The highest BCUT2D eigenvalue weighted by atomic mass is 32.2. The zero-order valence-corrected chi connectivity index (χ0v) is 9.67. The molecule has 0 radical (unpaired) electrons. The van der Waals surface area contributed by atoms with Gasteiger partial charge in [0.2, 0.25) is 10.0 Å². The maximum Gasteiger partial charge on any atom is 0.243 e. The molecule has 2 N–H and O–H groups in total. The van der Waals surface area contributed by atoms with Gasteiger partial charge in [0.25, 0.3) is 0 Å². The smallest absolute Gasteiger partial charge is 0.243 e. The van der Waals surface area contributed by atoms with Crippen molar-refractivity contribution < 1.29 is 12.8 Å². The molecule has 0 aliphatic carbocycles. The minimum absolute atomic E-state index is 0.101. The molecule has 6 heteroatoms. The molecular formula is C10H13FN2O2S. The number of halogens is 1. The van der Waals surface area contributed by atoms with Crippen LogP contribution in [0.25, 0.3) is 0 Å². The first kappa shape index (κ1) is 11.5. The molecule has 0 atom stereocenters. The molecule has 0 spiro atoms. The van der Waals surface area contributed by atoms with Crippen LogP contribution >= 0.6 is 0 Å². The highest BCUT2D eigenvalue weighted by Gasteiger charge is 2.42. The fraction of sp³-hybridized carbons (Fsp3) is 0.400. The van der Waals surface area contributed by atoms with Crippen molar-refractivity contribution in [3.63, 3.8) is 0 Å². The van der Waals surface area contributed by atoms with E-state index in [-0.39, 0.29) is 4.90 Å². The molecule has 1 saturated heterocycles. The second kappa shape index (κ2) is 3.51. The van der Waals surface area contributed by atoms with Gasteiger partial charge in [-0.05, 0) is 31.2 Å². The SMILES string of the molecule is CC1(N)CN(S(=O)(=O)c2ccc(F)cc2)C1. The van der Waals surface area contributed by atoms with Crippen LogP contribution in [0.15, 0.2) is 29.2 Å². The third kappa shape index (κ3) is 1.95. The Balaban J connectivity index is 2.24. The van der Waals surface area contributed by atoms with Gasteiger partial charge < -0.3 is 5.73 Å². The van der Waals surface area contributed by atoms with Gasteiger partial charge in [0.1, 0.15) is 5.82 Å². The zero-order chi connectivity index (χ0) is 12.0. The highest BCUT2D eigenvalue weighted by molar-refractivity contribution is 7.89. The second-order valence-electron chi connectivity index (χ2n) is 4.38. The topological polar surface area (TPSA) is 63.4 Å². The Bertz CT molecular complexity index is 488. The van der Waals surface area contributed by atoms with Gasteiger partial charge in [-0.25, -0.2) is 12.8 Å². The first-order valence-electron chi connectivity index (χ1n) is 4.86. The summed E-state index contributed by atoms with van der Waals surface area (Å²) in [7, 11) is -3.50. The second-order valence-corrected chi connectivity index (χ2v) is 6.32. The normalized spacial score (nSPS) is 20.4. The molecule has 0 bridgehead atoms. The molecule has 88 valence electrons. The molecule has 1 aliphatic heterocycles. The van der Waals surface area contributed by atoms with E-state index in [2.05, 4.69) is 0 Å². The van der Waals surface area contributed by atoms with Gasteiger partial charge in [0.05, 0.1) is 4.90 Å². The van der Waals surface area contributed by atoms with E-state index in [1.807, 2.05) is 0 Å². The molecule has 0 amide bonds. The summed E-state index contributed by atoms with van der Waals surface area (Å²) in [5.41, 5.74) is 5.29. The first-order valence-corrected chi connectivity index (χ1v) is 6.30. The molecule has 4 nitrogen and oxygen atoms in total. The van der Waals surface area contributed by atoms with E-state index in [1.165, 1.54) is 16.4 Å². The summed E-state index contributed by atoms with van der Waals surface area (Å²) in [6.45, 7) is 2.39. The van der Waals surface area contributed by atoms with Crippen LogP contribution in [0.4, 0.5) is 4.39 Å². The van der Waals surface area contributed by atoms with Crippen molar-refractivity contribution in [1.29, 1.82) is 0 Å². The standard InChI is InChI=1S/C10H13FN2O2S/c1-10(12)6-13(7-10)16(14,15)9-4-2-8(11)3-5-9/h2-5H,6-7,12H2,1H3. The quantitative estimate of drug-likeness (QED) is 0.826. The van der Waals surface area contributed by atoms with Crippen LogP contribution in [0, 0.1) is 5.82 Å². The largest absolute Gasteiger partial charge is 0.323 e. The van der Waals surface area contributed by atoms with Crippen molar-refractivity contribution in [3.8, 4) is 0 Å². The van der Waals surface area contributed by atoms with E-state index in [9.17, 15) is 12.8 Å². The van der Waals surface area contributed by atoms with Gasteiger partial charge in [-0.3, -0.25) is 0 Å². The molecule has 0 saturated carbocycles. The lowest BCUT2D eigenvalue weighted by Gasteiger charge is -2.44. The maximum absolute atomic E-state index is 12.7. The molecule has 16 heavy (non-hydrogen) atoms. The van der Waals surface area contributed by atoms with E-state index in [4.69, 9.17) is 5.73 Å². The van der Waals surface area contributed by atoms with E-state index in [0.29, 0.717) is 13.1 Å². The summed E-state index contributed by atoms with van der Waals surface area (Å²) in [4.78, 5) is 0.101. The summed E-state index contributed by atoms with van der Waals surface area (Å²) in [6.07, 6.45) is 0. The zero-order valence-electron chi connectivity index (χ0n) is 8.85. The van der Waals surface area contributed by atoms with Crippen molar-refractivity contribution in [2.24, 2.45) is 5.73 Å². The number of nitrogens with two attached hydrogens (primary N) is 1. The predicted molar refractivity (Wildman–Crippen MR) is 57.8 cm³/mol. The number of benzene rings is 1. The minimum Gasteiger partial charge on any atom is -0.323 e. The van der Waals surface area contributed by atoms with E-state index >= 15 is 0 Å². The lowest BCUT2D eigenvalue weighted by molar-refractivity contribution is 0.176. The Labute approximate surface area is 93.9 Å². The van der Waals surface area contributed by atoms with Gasteiger partial charge in [0.15, 0.2) is 0 Å². The first-order chi connectivity index (χ1) is 7.31. The summed E-state index contributed by atoms with van der Waals surface area (Å²) >= 11 is 0. The van der Waals surface area contributed by atoms with E-state index in [0.717, 1.165) is 12.1 Å². The molecule has 1 heterocycles. The molecule has 1 aliphatic rings. The molecule has 2 rings (SSSR count). The Morgan fingerprint density at radius 1 is 1.31 bits per heavy atom.